The molecule has 0 radical (unpaired) electrons. The van der Waals surface area contributed by atoms with Gasteiger partial charge in [0.15, 0.2) is 5.96 Å². The van der Waals surface area contributed by atoms with Crippen molar-refractivity contribution in [2.24, 2.45) is 10.7 Å². The van der Waals surface area contributed by atoms with E-state index in [1.54, 1.807) is 24.5 Å². The lowest BCUT2D eigenvalue weighted by Gasteiger charge is -2.35. The van der Waals surface area contributed by atoms with E-state index in [-0.39, 0.29) is 6.10 Å². The van der Waals surface area contributed by atoms with Crippen molar-refractivity contribution in [1.82, 2.24) is 14.9 Å². The van der Waals surface area contributed by atoms with Gasteiger partial charge in [-0.1, -0.05) is 11.6 Å². The first-order valence-corrected chi connectivity index (χ1v) is 8.98. The van der Waals surface area contributed by atoms with E-state index in [9.17, 15) is 0 Å². The van der Waals surface area contributed by atoms with Crippen molar-refractivity contribution in [2.45, 2.75) is 13.0 Å². The number of nitrogens with two attached hydrogens (primary N) is 1. The van der Waals surface area contributed by atoms with Gasteiger partial charge in [-0.25, -0.2) is 15.0 Å². The van der Waals surface area contributed by atoms with Crippen LogP contribution in [0, 0.1) is 0 Å². The molecule has 26 heavy (non-hydrogen) atoms. The van der Waals surface area contributed by atoms with Crippen LogP contribution in [0.3, 0.4) is 0 Å². The highest BCUT2D eigenvalue weighted by Crippen LogP contribution is 2.17. The Morgan fingerprint density at radius 2 is 1.85 bits per heavy atom. The Kier molecular flexibility index (Phi) is 6.12. The molecule has 3 rings (SSSR count). The number of piperazine rings is 1. The number of hydrogen-bond donors (Lipinski definition) is 1. The van der Waals surface area contributed by atoms with Crippen LogP contribution in [0.15, 0.2) is 47.7 Å². The first kappa shape index (κ1) is 18.3. The number of aliphatic imine (C=N–C) groups is 1. The van der Waals surface area contributed by atoms with E-state index in [0.717, 1.165) is 37.9 Å². The Morgan fingerprint density at radius 3 is 2.50 bits per heavy atom. The highest BCUT2D eigenvalue weighted by atomic mass is 35.5. The molecule has 1 aliphatic rings. The van der Waals surface area contributed by atoms with E-state index in [2.05, 4.69) is 24.8 Å². The molecule has 1 fully saturated rings. The van der Waals surface area contributed by atoms with Crippen LogP contribution in [0.2, 0.25) is 5.02 Å². The van der Waals surface area contributed by atoms with Crippen LogP contribution in [0.25, 0.3) is 0 Å². The average molecular weight is 375 g/mol. The maximum absolute atomic E-state index is 6.15. The largest absolute Gasteiger partial charge is 0.489 e. The minimum atomic E-state index is -0.0752. The van der Waals surface area contributed by atoms with Crippen LogP contribution >= 0.6 is 11.6 Å². The third kappa shape index (κ3) is 4.98. The molecule has 1 aromatic heterocycles. The summed E-state index contributed by atoms with van der Waals surface area (Å²) in [6, 6.07) is 9.11. The van der Waals surface area contributed by atoms with Crippen LogP contribution in [0.5, 0.6) is 5.75 Å². The fourth-order valence-electron chi connectivity index (χ4n) is 2.69. The molecule has 8 heteroatoms. The molecule has 1 aliphatic heterocycles. The van der Waals surface area contributed by atoms with E-state index in [4.69, 9.17) is 22.1 Å². The molecule has 0 spiro atoms. The molecule has 1 saturated heterocycles. The van der Waals surface area contributed by atoms with E-state index in [0.29, 0.717) is 17.5 Å². The Balaban J connectivity index is 1.47. The van der Waals surface area contributed by atoms with Crippen molar-refractivity contribution in [3.63, 3.8) is 0 Å². The van der Waals surface area contributed by atoms with Gasteiger partial charge >= 0.3 is 0 Å². The zero-order valence-corrected chi connectivity index (χ0v) is 15.5. The van der Waals surface area contributed by atoms with Gasteiger partial charge in [-0.2, -0.15) is 0 Å². The number of aromatic nitrogens is 2. The van der Waals surface area contributed by atoms with Gasteiger partial charge in [0.05, 0.1) is 6.54 Å². The third-order valence-electron chi connectivity index (χ3n) is 4.10. The maximum atomic E-state index is 6.15. The van der Waals surface area contributed by atoms with Gasteiger partial charge in [0, 0.05) is 43.6 Å². The van der Waals surface area contributed by atoms with E-state index in [1.807, 2.05) is 25.1 Å². The number of hydrogen-bond acceptors (Lipinski definition) is 5. The molecule has 0 unspecified atom stereocenters. The molecule has 1 aromatic carbocycles. The van der Waals surface area contributed by atoms with Crippen LogP contribution in [0.4, 0.5) is 5.95 Å². The molecule has 2 N–H and O–H groups in total. The summed E-state index contributed by atoms with van der Waals surface area (Å²) in [6.07, 6.45) is 3.44. The number of halogens is 1. The highest BCUT2D eigenvalue weighted by molar-refractivity contribution is 6.30. The summed E-state index contributed by atoms with van der Waals surface area (Å²) in [5.41, 5.74) is 6.15. The molecule has 7 nitrogen and oxygen atoms in total. The number of anilines is 1. The van der Waals surface area contributed by atoms with Crippen LogP contribution in [0.1, 0.15) is 6.92 Å². The van der Waals surface area contributed by atoms with Crippen molar-refractivity contribution in [3.05, 3.63) is 47.7 Å². The third-order valence-corrected chi connectivity index (χ3v) is 4.35. The van der Waals surface area contributed by atoms with Crippen molar-refractivity contribution in [1.29, 1.82) is 0 Å². The van der Waals surface area contributed by atoms with Crippen molar-refractivity contribution in [2.75, 3.05) is 37.6 Å². The molecule has 0 aliphatic carbocycles. The number of ether oxygens (including phenoxy) is 1. The van der Waals surface area contributed by atoms with Gasteiger partial charge in [-0.15, -0.1) is 0 Å². The fraction of sp³-hybridized carbons (Fsp3) is 0.389. The smallest absolute Gasteiger partial charge is 0.225 e. The van der Waals surface area contributed by atoms with Gasteiger partial charge in [-0.05, 0) is 37.3 Å². The number of nitrogens with zero attached hydrogens (tertiary/aromatic N) is 5. The number of benzene rings is 1. The second kappa shape index (κ2) is 8.71. The van der Waals surface area contributed by atoms with Gasteiger partial charge < -0.3 is 20.3 Å². The summed E-state index contributed by atoms with van der Waals surface area (Å²) in [6.45, 7) is 5.68. The molecular formula is C18H23ClN6O. The minimum Gasteiger partial charge on any atom is -0.489 e. The zero-order chi connectivity index (χ0) is 18.4. The molecule has 138 valence electrons. The Morgan fingerprint density at radius 1 is 1.19 bits per heavy atom. The summed E-state index contributed by atoms with van der Waals surface area (Å²) in [5, 5.41) is 0.687. The molecule has 2 heterocycles. The normalized spacial score (nSPS) is 16.5. The van der Waals surface area contributed by atoms with Crippen molar-refractivity contribution >= 4 is 23.5 Å². The summed E-state index contributed by atoms with van der Waals surface area (Å²) in [7, 11) is 0. The summed E-state index contributed by atoms with van der Waals surface area (Å²) < 4.78 is 5.82. The lowest BCUT2D eigenvalue weighted by atomic mass is 10.3. The quantitative estimate of drug-likeness (QED) is 0.637. The minimum absolute atomic E-state index is 0.0752. The molecule has 0 saturated carbocycles. The standard InChI is InChI=1S/C18H23ClN6O/c1-14(26-16-5-3-15(19)4-6-16)13-23-17(20)24-9-11-25(12-10-24)18-21-7-2-8-22-18/h2-8,14H,9-13H2,1H3,(H2,20,23)/t14-/m0/s1. The van der Waals surface area contributed by atoms with Crippen molar-refractivity contribution in [3.8, 4) is 5.75 Å². The monoisotopic (exact) mass is 374 g/mol. The van der Waals surface area contributed by atoms with Gasteiger partial charge in [0.2, 0.25) is 5.95 Å². The predicted molar refractivity (Wildman–Crippen MR) is 104 cm³/mol. The molecule has 0 amide bonds. The molecule has 0 bridgehead atoms. The first-order chi connectivity index (χ1) is 12.6. The van der Waals surface area contributed by atoms with Crippen LogP contribution in [-0.4, -0.2) is 59.7 Å². The summed E-state index contributed by atoms with van der Waals surface area (Å²) in [4.78, 5) is 17.3. The van der Waals surface area contributed by atoms with Crippen LogP contribution in [-0.2, 0) is 0 Å². The fourth-order valence-corrected chi connectivity index (χ4v) is 2.82. The number of guanidine groups is 1. The first-order valence-electron chi connectivity index (χ1n) is 8.61. The topological polar surface area (TPSA) is 79.9 Å². The zero-order valence-electron chi connectivity index (χ0n) is 14.8. The average Bonchev–Trinajstić information content (AvgIpc) is 2.69. The van der Waals surface area contributed by atoms with Gasteiger partial charge in [0.25, 0.3) is 0 Å². The van der Waals surface area contributed by atoms with E-state index >= 15 is 0 Å². The Labute approximate surface area is 158 Å². The Bertz CT molecular complexity index is 716. The summed E-state index contributed by atoms with van der Waals surface area (Å²) in [5.74, 6) is 2.07. The SMILES string of the molecule is C[C@@H](CN=C(N)N1CCN(c2ncccn2)CC1)Oc1ccc(Cl)cc1. The highest BCUT2D eigenvalue weighted by Gasteiger charge is 2.20. The van der Waals surface area contributed by atoms with Gasteiger partial charge in [-0.3, -0.25) is 0 Å². The summed E-state index contributed by atoms with van der Waals surface area (Å²) >= 11 is 5.88. The molecule has 2 aromatic rings. The second-order valence-electron chi connectivity index (χ2n) is 6.10. The lowest BCUT2D eigenvalue weighted by molar-refractivity contribution is 0.229. The van der Waals surface area contributed by atoms with Crippen molar-refractivity contribution < 1.29 is 4.74 Å². The molecule has 1 atom stereocenters. The van der Waals surface area contributed by atoms with Gasteiger partial charge in [0.1, 0.15) is 11.9 Å². The number of rotatable bonds is 5. The van der Waals surface area contributed by atoms with E-state index < -0.39 is 0 Å². The lowest BCUT2D eigenvalue weighted by Crippen LogP contribution is -2.51. The maximum Gasteiger partial charge on any atom is 0.225 e. The second-order valence-corrected chi connectivity index (χ2v) is 6.54. The predicted octanol–water partition coefficient (Wildman–Crippen LogP) is 2.03. The van der Waals surface area contributed by atoms with E-state index in [1.165, 1.54) is 0 Å². The molecular weight excluding hydrogens is 352 g/mol. The van der Waals surface area contributed by atoms with Crippen LogP contribution < -0.4 is 15.4 Å². The Hall–Kier alpha value is -2.54.